The van der Waals surface area contributed by atoms with Crippen molar-refractivity contribution in [2.75, 3.05) is 0 Å². The summed E-state index contributed by atoms with van der Waals surface area (Å²) in [6.07, 6.45) is 7.53. The number of allylic oxidation sites excluding steroid dienone is 2. The Morgan fingerprint density at radius 3 is 2.39 bits per heavy atom. The molecule has 0 aliphatic heterocycles. The topological polar surface area (TPSA) is 55.4 Å². The largest absolute Gasteiger partial charge is 0.461 e. The normalized spacial score (nSPS) is 33.5. The van der Waals surface area contributed by atoms with E-state index in [1.54, 1.807) is 0 Å². The maximum atomic E-state index is 13.1. The van der Waals surface area contributed by atoms with Crippen LogP contribution in [0.2, 0.25) is 0 Å². The average molecular weight is 388 g/mol. The Hall–Kier alpha value is -1.58. The molecule has 4 nitrogen and oxygen atoms in total. The lowest BCUT2D eigenvalue weighted by molar-refractivity contribution is -0.159. The molecule has 0 aromatic carbocycles. The second-order valence-electron chi connectivity index (χ2n) is 10.4. The van der Waals surface area contributed by atoms with Crippen LogP contribution in [0, 0.1) is 16.7 Å². The number of amides is 1. The fourth-order valence-corrected chi connectivity index (χ4v) is 5.33. The van der Waals surface area contributed by atoms with Gasteiger partial charge in [0.25, 0.3) is 0 Å². The van der Waals surface area contributed by atoms with Gasteiger partial charge in [-0.05, 0) is 58.8 Å². The SMILES string of the molecule is C=C1CC(C)=C(C)C[C@@H]1C(=O)O[C@@H]1CCC[C@@]12CCC[C@H]2NC(=O)C(C)(C)C. The highest BCUT2D eigenvalue weighted by atomic mass is 16.5. The number of rotatable bonds is 3. The van der Waals surface area contributed by atoms with E-state index < -0.39 is 5.41 Å². The maximum Gasteiger partial charge on any atom is 0.313 e. The highest BCUT2D eigenvalue weighted by Crippen LogP contribution is 2.52. The first-order valence-electron chi connectivity index (χ1n) is 10.9. The van der Waals surface area contributed by atoms with E-state index in [1.807, 2.05) is 20.8 Å². The molecule has 3 rings (SSSR count). The minimum Gasteiger partial charge on any atom is -0.461 e. The molecule has 1 amide bonds. The summed E-state index contributed by atoms with van der Waals surface area (Å²) < 4.78 is 6.17. The summed E-state index contributed by atoms with van der Waals surface area (Å²) in [5.41, 5.74) is 3.09. The van der Waals surface area contributed by atoms with Gasteiger partial charge in [-0.15, -0.1) is 0 Å². The maximum absolute atomic E-state index is 13.1. The van der Waals surface area contributed by atoms with Crippen LogP contribution in [0.3, 0.4) is 0 Å². The van der Waals surface area contributed by atoms with Gasteiger partial charge in [0.1, 0.15) is 6.10 Å². The predicted octanol–water partition coefficient (Wildman–Crippen LogP) is 5.09. The van der Waals surface area contributed by atoms with Gasteiger partial charge in [-0.1, -0.05) is 50.5 Å². The van der Waals surface area contributed by atoms with E-state index in [4.69, 9.17) is 4.74 Å². The molecule has 0 radical (unpaired) electrons. The molecule has 4 heteroatoms. The summed E-state index contributed by atoms with van der Waals surface area (Å²) in [7, 11) is 0. The average Bonchev–Trinajstić information content (AvgIpc) is 3.18. The number of hydrogen-bond acceptors (Lipinski definition) is 3. The molecule has 0 aromatic heterocycles. The van der Waals surface area contributed by atoms with Gasteiger partial charge >= 0.3 is 5.97 Å². The Kier molecular flexibility index (Phi) is 5.80. The van der Waals surface area contributed by atoms with E-state index in [1.165, 1.54) is 11.1 Å². The molecule has 3 aliphatic rings. The van der Waals surface area contributed by atoms with Crippen LogP contribution in [0.25, 0.3) is 0 Å². The van der Waals surface area contributed by atoms with Crippen molar-refractivity contribution in [3.63, 3.8) is 0 Å². The third kappa shape index (κ3) is 3.92. The minimum atomic E-state index is -0.407. The molecule has 1 N–H and O–H groups in total. The van der Waals surface area contributed by atoms with Crippen LogP contribution in [-0.2, 0) is 14.3 Å². The standard InChI is InChI=1S/C24H37NO3/c1-15-13-17(3)18(14-16(15)2)21(26)28-20-10-8-12-24(20)11-7-9-19(24)25-22(27)23(4,5)6/h18-20H,3,7-14H2,1-2,4-6H3,(H,25,27)/t18-,19+,20+,24+/m0/s1. The van der Waals surface area contributed by atoms with Crippen molar-refractivity contribution in [3.05, 3.63) is 23.3 Å². The molecule has 4 atom stereocenters. The van der Waals surface area contributed by atoms with Crippen LogP contribution in [-0.4, -0.2) is 24.0 Å². The van der Waals surface area contributed by atoms with E-state index in [0.29, 0.717) is 0 Å². The highest BCUT2D eigenvalue weighted by Gasteiger charge is 2.54. The fourth-order valence-electron chi connectivity index (χ4n) is 5.33. The first-order chi connectivity index (χ1) is 13.0. The minimum absolute atomic E-state index is 0.0899. The zero-order valence-corrected chi connectivity index (χ0v) is 18.3. The Bertz CT molecular complexity index is 695. The zero-order chi connectivity index (χ0) is 20.7. The summed E-state index contributed by atoms with van der Waals surface area (Å²) in [6, 6.07) is 0.109. The Labute approximate surface area is 170 Å². The van der Waals surface area contributed by atoms with Crippen molar-refractivity contribution in [2.24, 2.45) is 16.7 Å². The van der Waals surface area contributed by atoms with Crippen molar-refractivity contribution in [1.82, 2.24) is 5.32 Å². The number of hydrogen-bond donors (Lipinski definition) is 1. The summed E-state index contributed by atoms with van der Waals surface area (Å²) in [5, 5.41) is 3.30. The Morgan fingerprint density at radius 1 is 1.11 bits per heavy atom. The van der Waals surface area contributed by atoms with Gasteiger partial charge in [-0.2, -0.15) is 0 Å². The first-order valence-corrected chi connectivity index (χ1v) is 10.9. The molecule has 3 aliphatic carbocycles. The van der Waals surface area contributed by atoms with Crippen molar-refractivity contribution in [2.45, 2.75) is 98.1 Å². The lowest BCUT2D eigenvalue weighted by atomic mass is 9.77. The molecular formula is C24H37NO3. The van der Waals surface area contributed by atoms with Gasteiger partial charge in [-0.3, -0.25) is 9.59 Å². The molecule has 0 unspecified atom stereocenters. The van der Waals surface area contributed by atoms with E-state index in [0.717, 1.165) is 56.9 Å². The molecule has 0 heterocycles. The van der Waals surface area contributed by atoms with E-state index in [-0.39, 0.29) is 35.4 Å². The summed E-state index contributed by atoms with van der Waals surface area (Å²) in [5.74, 6) is -0.242. The fraction of sp³-hybridized carbons (Fsp3) is 0.750. The van der Waals surface area contributed by atoms with Gasteiger partial charge < -0.3 is 10.1 Å². The number of carbonyl (C=O) groups is 2. The summed E-state index contributed by atoms with van der Waals surface area (Å²) in [4.78, 5) is 25.7. The van der Waals surface area contributed by atoms with Crippen LogP contribution in [0.15, 0.2) is 23.3 Å². The molecule has 0 saturated heterocycles. The van der Waals surface area contributed by atoms with E-state index >= 15 is 0 Å². The van der Waals surface area contributed by atoms with Gasteiger partial charge in [0.15, 0.2) is 0 Å². The first kappa shape index (κ1) is 21.1. The quantitative estimate of drug-likeness (QED) is 0.542. The van der Waals surface area contributed by atoms with E-state index in [2.05, 4.69) is 25.7 Å². The van der Waals surface area contributed by atoms with Gasteiger partial charge in [-0.25, -0.2) is 0 Å². The van der Waals surface area contributed by atoms with E-state index in [9.17, 15) is 9.59 Å². The molecule has 156 valence electrons. The van der Waals surface area contributed by atoms with Crippen molar-refractivity contribution < 1.29 is 14.3 Å². The molecular weight excluding hydrogens is 350 g/mol. The Morgan fingerprint density at radius 2 is 1.75 bits per heavy atom. The zero-order valence-electron chi connectivity index (χ0n) is 18.3. The number of carbonyl (C=O) groups excluding carboxylic acids is 2. The van der Waals surface area contributed by atoms with Gasteiger partial charge in [0.05, 0.1) is 5.92 Å². The van der Waals surface area contributed by atoms with Gasteiger partial charge in [0, 0.05) is 16.9 Å². The van der Waals surface area contributed by atoms with Gasteiger partial charge in [0.2, 0.25) is 5.91 Å². The molecule has 1 spiro atoms. The van der Waals surface area contributed by atoms with Crippen molar-refractivity contribution in [1.29, 1.82) is 0 Å². The smallest absolute Gasteiger partial charge is 0.313 e. The number of esters is 1. The molecule has 28 heavy (non-hydrogen) atoms. The van der Waals surface area contributed by atoms with Crippen LogP contribution in [0.5, 0.6) is 0 Å². The van der Waals surface area contributed by atoms with Crippen LogP contribution >= 0.6 is 0 Å². The molecule has 0 aromatic rings. The monoisotopic (exact) mass is 387 g/mol. The lowest BCUT2D eigenvalue weighted by Crippen LogP contribution is -2.52. The van der Waals surface area contributed by atoms with Crippen molar-refractivity contribution >= 4 is 11.9 Å². The third-order valence-corrected chi connectivity index (χ3v) is 7.33. The van der Waals surface area contributed by atoms with Crippen LogP contribution in [0.4, 0.5) is 0 Å². The third-order valence-electron chi connectivity index (χ3n) is 7.33. The second-order valence-corrected chi connectivity index (χ2v) is 10.4. The highest BCUT2D eigenvalue weighted by molar-refractivity contribution is 5.81. The summed E-state index contributed by atoms with van der Waals surface area (Å²) >= 11 is 0. The van der Waals surface area contributed by atoms with Crippen LogP contribution < -0.4 is 5.32 Å². The molecule has 2 saturated carbocycles. The molecule has 2 fully saturated rings. The number of nitrogens with one attached hydrogen (secondary N) is 1. The Balaban J connectivity index is 1.72. The second kappa shape index (κ2) is 7.68. The lowest BCUT2D eigenvalue weighted by Gasteiger charge is -2.39. The molecule has 0 bridgehead atoms. The summed E-state index contributed by atoms with van der Waals surface area (Å²) in [6.45, 7) is 14.2. The number of ether oxygens (including phenoxy) is 1. The van der Waals surface area contributed by atoms with Crippen LogP contribution in [0.1, 0.15) is 86.0 Å². The predicted molar refractivity (Wildman–Crippen MR) is 112 cm³/mol. The van der Waals surface area contributed by atoms with Crippen molar-refractivity contribution in [3.8, 4) is 0 Å².